The number of carbonyl (C=O) groups is 1. The van der Waals surface area contributed by atoms with Crippen molar-refractivity contribution in [3.63, 3.8) is 0 Å². The van der Waals surface area contributed by atoms with Crippen molar-refractivity contribution >= 4 is 5.97 Å². The molecule has 8 heteroatoms. The Bertz CT molecular complexity index is 1470. The van der Waals surface area contributed by atoms with Crippen LogP contribution in [0.25, 0.3) is 0 Å². The van der Waals surface area contributed by atoms with Gasteiger partial charge in [-0.2, -0.15) is 0 Å². The van der Waals surface area contributed by atoms with Crippen molar-refractivity contribution in [2.24, 2.45) is 0 Å². The second-order valence-corrected chi connectivity index (χ2v) is 11.1. The third-order valence-electron chi connectivity index (χ3n) is 7.98. The quantitative estimate of drug-likeness (QED) is 0.134. The Morgan fingerprint density at radius 3 is 1.53 bits per heavy atom. The van der Waals surface area contributed by atoms with E-state index in [1.54, 1.807) is 0 Å². The zero-order chi connectivity index (χ0) is 30.9. The molecule has 0 amide bonds. The fraction of sp³-hybridized carbons (Fsp3) is 0.324. The lowest BCUT2D eigenvalue weighted by Gasteiger charge is -2.45. The van der Waals surface area contributed by atoms with Crippen LogP contribution >= 0.6 is 0 Å². The average Bonchev–Trinajstić information content (AvgIpc) is 3.81. The van der Waals surface area contributed by atoms with Gasteiger partial charge in [-0.25, -0.2) is 4.79 Å². The van der Waals surface area contributed by atoms with E-state index in [-0.39, 0.29) is 13.2 Å². The highest BCUT2D eigenvalue weighted by Crippen LogP contribution is 2.50. The summed E-state index contributed by atoms with van der Waals surface area (Å²) < 4.78 is 43.9. The van der Waals surface area contributed by atoms with E-state index in [0.29, 0.717) is 19.8 Å². The standard InChI is InChI=1S/C37H38O8/c1-39-36(38)35-37(45-35)34(43-25-30-20-12-5-13-21-30)33(42-24-29-18-10-4-11-19-29)32(41-23-28-16-8-3-9-17-28)31(44-37)26-40-22-27-14-6-2-7-15-27/h2-21,31-35H,22-26H2,1H3/t31-,32-,33+,34-,35-,37-/m1/s1. The first-order valence-electron chi connectivity index (χ1n) is 15.2. The first kappa shape index (κ1) is 31.1. The van der Waals surface area contributed by atoms with Gasteiger partial charge in [0, 0.05) is 0 Å². The number of hydrogen-bond donors (Lipinski definition) is 0. The van der Waals surface area contributed by atoms with Crippen LogP contribution in [0.2, 0.25) is 0 Å². The minimum absolute atomic E-state index is 0.171. The van der Waals surface area contributed by atoms with Gasteiger partial charge in [-0.05, 0) is 22.3 Å². The van der Waals surface area contributed by atoms with Crippen LogP contribution in [0.5, 0.6) is 0 Å². The molecule has 6 rings (SSSR count). The van der Waals surface area contributed by atoms with E-state index in [9.17, 15) is 4.79 Å². The minimum atomic E-state index is -1.43. The van der Waals surface area contributed by atoms with Gasteiger partial charge in [0.05, 0.1) is 40.1 Å². The van der Waals surface area contributed by atoms with Gasteiger partial charge in [0.2, 0.25) is 11.9 Å². The fourth-order valence-electron chi connectivity index (χ4n) is 5.64. The zero-order valence-corrected chi connectivity index (χ0v) is 25.2. The molecule has 234 valence electrons. The van der Waals surface area contributed by atoms with Crippen molar-refractivity contribution < 1.29 is 38.0 Å². The molecule has 8 nitrogen and oxygen atoms in total. The number of carbonyl (C=O) groups excluding carboxylic acids is 1. The number of ether oxygens (including phenoxy) is 7. The van der Waals surface area contributed by atoms with Crippen molar-refractivity contribution in [2.45, 2.75) is 62.7 Å². The molecule has 0 bridgehead atoms. The van der Waals surface area contributed by atoms with Crippen LogP contribution in [-0.2, 0) is 64.4 Å². The van der Waals surface area contributed by atoms with Crippen LogP contribution in [-0.4, -0.2) is 56.0 Å². The predicted octanol–water partition coefficient (Wildman–Crippen LogP) is 5.63. The Morgan fingerprint density at radius 1 is 0.600 bits per heavy atom. The highest BCUT2D eigenvalue weighted by molar-refractivity contribution is 5.79. The molecule has 1 spiro atoms. The minimum Gasteiger partial charge on any atom is -0.467 e. The van der Waals surface area contributed by atoms with E-state index in [2.05, 4.69) is 0 Å². The molecule has 4 aromatic carbocycles. The van der Waals surface area contributed by atoms with Crippen LogP contribution < -0.4 is 0 Å². The summed E-state index contributed by atoms with van der Waals surface area (Å²) in [4.78, 5) is 12.9. The van der Waals surface area contributed by atoms with Crippen molar-refractivity contribution in [2.75, 3.05) is 13.7 Å². The first-order valence-corrected chi connectivity index (χ1v) is 15.2. The van der Waals surface area contributed by atoms with E-state index in [1.807, 2.05) is 121 Å². The smallest absolute Gasteiger partial charge is 0.340 e. The Kier molecular flexibility index (Phi) is 10.3. The molecule has 0 aromatic heterocycles. The normalized spacial score (nSPS) is 25.6. The summed E-state index contributed by atoms with van der Waals surface area (Å²) >= 11 is 0. The van der Waals surface area contributed by atoms with E-state index in [1.165, 1.54) is 7.11 Å². The second-order valence-electron chi connectivity index (χ2n) is 11.1. The van der Waals surface area contributed by atoms with Gasteiger partial charge in [0.1, 0.15) is 24.4 Å². The van der Waals surface area contributed by atoms with Crippen LogP contribution in [0.1, 0.15) is 22.3 Å². The van der Waals surface area contributed by atoms with E-state index >= 15 is 0 Å². The molecule has 45 heavy (non-hydrogen) atoms. The maximum atomic E-state index is 12.9. The summed E-state index contributed by atoms with van der Waals surface area (Å²) in [5.41, 5.74) is 3.97. The summed E-state index contributed by atoms with van der Waals surface area (Å²) in [6, 6.07) is 39.5. The number of methoxy groups -OCH3 is 1. The van der Waals surface area contributed by atoms with Crippen LogP contribution in [0.3, 0.4) is 0 Å². The molecule has 2 heterocycles. The van der Waals surface area contributed by atoms with E-state index < -0.39 is 42.3 Å². The molecule has 4 aromatic rings. The highest BCUT2D eigenvalue weighted by Gasteiger charge is 2.74. The molecule has 2 saturated heterocycles. The lowest BCUT2D eigenvalue weighted by Crippen LogP contribution is -2.64. The fourth-order valence-corrected chi connectivity index (χ4v) is 5.64. The molecular formula is C37H38O8. The number of hydrogen-bond acceptors (Lipinski definition) is 8. The van der Waals surface area contributed by atoms with Crippen molar-refractivity contribution in [1.29, 1.82) is 0 Å². The number of benzene rings is 4. The summed E-state index contributed by atoms with van der Waals surface area (Å²) in [6.45, 7) is 1.40. The number of epoxide rings is 1. The lowest BCUT2D eigenvalue weighted by molar-refractivity contribution is -0.304. The Labute approximate surface area is 263 Å². The van der Waals surface area contributed by atoms with Gasteiger partial charge in [-0.15, -0.1) is 0 Å². The van der Waals surface area contributed by atoms with Crippen molar-refractivity contribution in [3.05, 3.63) is 144 Å². The van der Waals surface area contributed by atoms with E-state index in [4.69, 9.17) is 33.2 Å². The Balaban J connectivity index is 1.32. The average molecular weight is 611 g/mol. The highest BCUT2D eigenvalue weighted by atomic mass is 16.8. The Hall–Kier alpha value is -3.89. The third kappa shape index (κ3) is 7.68. The van der Waals surface area contributed by atoms with Gasteiger partial charge in [-0.3, -0.25) is 0 Å². The molecule has 0 N–H and O–H groups in total. The zero-order valence-electron chi connectivity index (χ0n) is 25.2. The summed E-state index contributed by atoms with van der Waals surface area (Å²) in [5.74, 6) is -1.98. The Morgan fingerprint density at radius 2 is 1.04 bits per heavy atom. The summed E-state index contributed by atoms with van der Waals surface area (Å²) in [6.07, 6.45) is -3.77. The molecule has 2 aliphatic rings. The number of esters is 1. The molecule has 2 aliphatic heterocycles. The maximum absolute atomic E-state index is 12.9. The van der Waals surface area contributed by atoms with Crippen LogP contribution in [0, 0.1) is 0 Å². The molecule has 0 unspecified atom stereocenters. The molecule has 0 radical (unpaired) electrons. The van der Waals surface area contributed by atoms with Gasteiger partial charge < -0.3 is 33.2 Å². The third-order valence-corrected chi connectivity index (χ3v) is 7.98. The SMILES string of the molecule is COC(=O)[C@H]1O[C@@]12O[C@H](COCc1ccccc1)[C@@H](OCc1ccccc1)[C@H](OCc1ccccc1)[C@H]2OCc1ccccc1. The van der Waals surface area contributed by atoms with Gasteiger partial charge in [0.15, 0.2) is 0 Å². The van der Waals surface area contributed by atoms with Crippen molar-refractivity contribution in [3.8, 4) is 0 Å². The van der Waals surface area contributed by atoms with E-state index in [0.717, 1.165) is 22.3 Å². The predicted molar refractivity (Wildman–Crippen MR) is 166 cm³/mol. The summed E-state index contributed by atoms with van der Waals surface area (Å²) in [5, 5.41) is 0. The van der Waals surface area contributed by atoms with Crippen LogP contribution in [0.15, 0.2) is 121 Å². The van der Waals surface area contributed by atoms with Crippen LogP contribution in [0.4, 0.5) is 0 Å². The maximum Gasteiger partial charge on any atom is 0.340 e. The molecule has 0 saturated carbocycles. The molecule has 6 atom stereocenters. The molecule has 2 fully saturated rings. The molecule has 0 aliphatic carbocycles. The second kappa shape index (κ2) is 14.9. The van der Waals surface area contributed by atoms with Gasteiger partial charge in [0.25, 0.3) is 0 Å². The lowest BCUT2D eigenvalue weighted by atomic mass is 9.92. The van der Waals surface area contributed by atoms with Gasteiger partial charge in [-0.1, -0.05) is 121 Å². The van der Waals surface area contributed by atoms with Gasteiger partial charge >= 0.3 is 5.97 Å². The monoisotopic (exact) mass is 610 g/mol. The first-order chi connectivity index (χ1) is 22.2. The number of rotatable bonds is 14. The topological polar surface area (TPSA) is 85.0 Å². The molecular weight excluding hydrogens is 572 g/mol. The summed E-state index contributed by atoms with van der Waals surface area (Å²) in [7, 11) is 1.33. The largest absolute Gasteiger partial charge is 0.467 e. The van der Waals surface area contributed by atoms with Crippen molar-refractivity contribution in [1.82, 2.24) is 0 Å².